The standard InChI is InChI=1S/C20H21ClF2N6O2/c21-11-7-12(22)9-13(8-11)27-14-3-1-5-28(19(14)30)15-4-2-6-29(20(15)31)18-16(23)17(24)25-10-26-18/h7-10,14-15,27H,1-6H2,(H2,24,25,26)/t14-,15-/m1/s1. The van der Waals surface area contributed by atoms with Crippen LogP contribution in [0.3, 0.4) is 0 Å². The summed E-state index contributed by atoms with van der Waals surface area (Å²) in [6, 6.07) is 2.61. The first-order valence-corrected chi connectivity index (χ1v) is 10.3. The zero-order chi connectivity index (χ0) is 22.1. The van der Waals surface area contributed by atoms with Crippen molar-refractivity contribution in [1.29, 1.82) is 0 Å². The minimum absolute atomic E-state index is 0.185. The Morgan fingerprint density at radius 1 is 1.06 bits per heavy atom. The van der Waals surface area contributed by atoms with Crippen LogP contribution >= 0.6 is 11.6 Å². The van der Waals surface area contributed by atoms with Crippen LogP contribution in [0.4, 0.5) is 26.1 Å². The Labute approximate surface area is 182 Å². The summed E-state index contributed by atoms with van der Waals surface area (Å²) in [5, 5.41) is 3.23. The molecule has 1 aromatic carbocycles. The van der Waals surface area contributed by atoms with E-state index in [1.165, 1.54) is 28.0 Å². The number of halogens is 3. The highest BCUT2D eigenvalue weighted by Crippen LogP contribution is 2.29. The second kappa shape index (κ2) is 8.62. The van der Waals surface area contributed by atoms with Crippen LogP contribution in [0.1, 0.15) is 25.7 Å². The molecule has 11 heteroatoms. The highest BCUT2D eigenvalue weighted by molar-refractivity contribution is 6.30. The lowest BCUT2D eigenvalue weighted by atomic mass is 9.97. The molecule has 4 rings (SSSR count). The molecule has 2 atom stereocenters. The minimum atomic E-state index is -0.857. The van der Waals surface area contributed by atoms with Crippen LogP contribution in [0.25, 0.3) is 0 Å². The van der Waals surface area contributed by atoms with Crippen LogP contribution in [0, 0.1) is 11.6 Å². The first-order valence-electron chi connectivity index (χ1n) is 9.95. The molecular weight excluding hydrogens is 430 g/mol. The van der Waals surface area contributed by atoms with Gasteiger partial charge in [0.25, 0.3) is 5.91 Å². The van der Waals surface area contributed by atoms with E-state index in [-0.39, 0.29) is 29.1 Å². The van der Waals surface area contributed by atoms with E-state index < -0.39 is 29.6 Å². The van der Waals surface area contributed by atoms with Crippen LogP contribution in [0.2, 0.25) is 5.02 Å². The van der Waals surface area contributed by atoms with Crippen LogP contribution in [0.5, 0.6) is 0 Å². The van der Waals surface area contributed by atoms with Gasteiger partial charge in [0.2, 0.25) is 11.7 Å². The molecule has 3 N–H and O–H groups in total. The second-order valence-corrected chi connectivity index (χ2v) is 8.01. The second-order valence-electron chi connectivity index (χ2n) is 7.57. The molecule has 0 unspecified atom stereocenters. The molecule has 0 aliphatic carbocycles. The van der Waals surface area contributed by atoms with Gasteiger partial charge in [-0.1, -0.05) is 11.6 Å². The SMILES string of the molecule is Nc1ncnc(N2CCC[C@@H](N3CCC[C@@H](Nc4cc(F)cc(Cl)c4)C3=O)C2=O)c1F. The summed E-state index contributed by atoms with van der Waals surface area (Å²) in [6.45, 7) is 0.674. The number of piperidine rings is 2. The van der Waals surface area contributed by atoms with Crippen molar-refractivity contribution in [3.63, 3.8) is 0 Å². The van der Waals surface area contributed by atoms with E-state index in [4.69, 9.17) is 17.3 Å². The maximum atomic E-state index is 14.4. The molecule has 0 radical (unpaired) electrons. The zero-order valence-electron chi connectivity index (χ0n) is 16.5. The Morgan fingerprint density at radius 2 is 1.84 bits per heavy atom. The van der Waals surface area contributed by atoms with Crippen molar-refractivity contribution in [3.8, 4) is 0 Å². The maximum Gasteiger partial charge on any atom is 0.251 e. The topological polar surface area (TPSA) is 104 Å². The van der Waals surface area contributed by atoms with Crippen molar-refractivity contribution in [1.82, 2.24) is 14.9 Å². The molecule has 2 saturated heterocycles. The Bertz CT molecular complexity index is 1000. The fourth-order valence-corrected chi connectivity index (χ4v) is 4.32. The zero-order valence-corrected chi connectivity index (χ0v) is 17.3. The molecule has 0 spiro atoms. The van der Waals surface area contributed by atoms with Crippen molar-refractivity contribution < 1.29 is 18.4 Å². The molecule has 1 aromatic heterocycles. The molecule has 8 nitrogen and oxygen atoms in total. The molecule has 2 aliphatic heterocycles. The third-order valence-electron chi connectivity index (χ3n) is 5.52. The summed E-state index contributed by atoms with van der Waals surface area (Å²) < 4.78 is 28.0. The number of aromatic nitrogens is 2. The quantitative estimate of drug-likeness (QED) is 0.742. The number of hydrogen-bond acceptors (Lipinski definition) is 6. The summed E-state index contributed by atoms with van der Waals surface area (Å²) in [4.78, 5) is 36.5. The third kappa shape index (κ3) is 4.25. The average Bonchev–Trinajstić information content (AvgIpc) is 2.72. The van der Waals surface area contributed by atoms with E-state index in [0.29, 0.717) is 37.9 Å². The van der Waals surface area contributed by atoms with Gasteiger partial charge in [-0.05, 0) is 43.9 Å². The number of carbonyl (C=O) groups is 2. The normalized spacial score (nSPS) is 22.0. The highest BCUT2D eigenvalue weighted by Gasteiger charge is 2.41. The van der Waals surface area contributed by atoms with Crippen LogP contribution in [0.15, 0.2) is 24.5 Å². The van der Waals surface area contributed by atoms with Gasteiger partial charge in [-0.3, -0.25) is 14.5 Å². The van der Waals surface area contributed by atoms with Gasteiger partial charge in [-0.15, -0.1) is 0 Å². The van der Waals surface area contributed by atoms with Crippen molar-refractivity contribution in [2.45, 2.75) is 37.8 Å². The van der Waals surface area contributed by atoms with Gasteiger partial charge in [-0.2, -0.15) is 4.39 Å². The Kier molecular flexibility index (Phi) is 5.90. The van der Waals surface area contributed by atoms with Gasteiger partial charge in [-0.25, -0.2) is 14.4 Å². The Morgan fingerprint density at radius 3 is 2.61 bits per heavy atom. The van der Waals surface area contributed by atoms with E-state index in [0.717, 1.165) is 6.33 Å². The van der Waals surface area contributed by atoms with Gasteiger partial charge in [0.1, 0.15) is 24.2 Å². The van der Waals surface area contributed by atoms with Gasteiger partial charge >= 0.3 is 0 Å². The summed E-state index contributed by atoms with van der Waals surface area (Å²) in [6.07, 6.45) is 3.32. The number of rotatable bonds is 4. The monoisotopic (exact) mass is 450 g/mol. The minimum Gasteiger partial charge on any atom is -0.381 e. The predicted molar refractivity (Wildman–Crippen MR) is 112 cm³/mol. The van der Waals surface area contributed by atoms with E-state index in [2.05, 4.69) is 15.3 Å². The van der Waals surface area contributed by atoms with E-state index in [9.17, 15) is 18.4 Å². The van der Waals surface area contributed by atoms with Crippen LogP contribution in [-0.2, 0) is 9.59 Å². The number of hydrogen-bond donors (Lipinski definition) is 2. The molecule has 2 aliphatic rings. The fourth-order valence-electron chi connectivity index (χ4n) is 4.10. The van der Waals surface area contributed by atoms with Crippen LogP contribution < -0.4 is 16.0 Å². The summed E-state index contributed by atoms with van der Waals surface area (Å²) in [5.41, 5.74) is 5.90. The van der Waals surface area contributed by atoms with Crippen molar-refractivity contribution in [2.24, 2.45) is 0 Å². The number of carbonyl (C=O) groups excluding carboxylic acids is 2. The summed E-state index contributed by atoms with van der Waals surface area (Å²) in [7, 11) is 0. The smallest absolute Gasteiger partial charge is 0.251 e. The molecule has 0 saturated carbocycles. The average molecular weight is 451 g/mol. The van der Waals surface area contributed by atoms with Crippen molar-refractivity contribution >= 4 is 40.7 Å². The maximum absolute atomic E-state index is 14.4. The number of benzene rings is 1. The van der Waals surface area contributed by atoms with E-state index in [1.807, 2.05) is 0 Å². The molecule has 2 fully saturated rings. The van der Waals surface area contributed by atoms with Gasteiger partial charge < -0.3 is 16.0 Å². The van der Waals surface area contributed by atoms with Gasteiger partial charge in [0, 0.05) is 23.8 Å². The summed E-state index contributed by atoms with van der Waals surface area (Å²) >= 11 is 5.90. The number of nitrogens with two attached hydrogens (primary N) is 1. The largest absolute Gasteiger partial charge is 0.381 e. The number of anilines is 3. The molecular formula is C20H21ClF2N6O2. The van der Waals surface area contributed by atoms with Gasteiger partial charge in [0.05, 0.1) is 0 Å². The lowest BCUT2D eigenvalue weighted by molar-refractivity contribution is -0.143. The molecule has 3 heterocycles. The lowest BCUT2D eigenvalue weighted by Gasteiger charge is -2.41. The number of amides is 2. The molecule has 164 valence electrons. The number of nitrogens with one attached hydrogen (secondary N) is 1. The highest BCUT2D eigenvalue weighted by atomic mass is 35.5. The number of nitrogen functional groups attached to an aromatic ring is 1. The molecule has 2 amide bonds. The Balaban J connectivity index is 1.53. The first-order chi connectivity index (χ1) is 14.8. The first kappa shape index (κ1) is 21.2. The molecule has 31 heavy (non-hydrogen) atoms. The number of nitrogens with zero attached hydrogens (tertiary/aromatic N) is 4. The molecule has 0 bridgehead atoms. The predicted octanol–water partition coefficient (Wildman–Crippen LogP) is 2.59. The van der Waals surface area contributed by atoms with E-state index >= 15 is 0 Å². The number of likely N-dealkylation sites (tertiary alicyclic amines) is 1. The van der Waals surface area contributed by atoms with Crippen molar-refractivity contribution in [3.05, 3.63) is 41.2 Å². The third-order valence-corrected chi connectivity index (χ3v) is 5.73. The fraction of sp³-hybridized carbons (Fsp3) is 0.400. The lowest BCUT2D eigenvalue weighted by Crippen LogP contribution is -2.59. The van der Waals surface area contributed by atoms with E-state index in [1.54, 1.807) is 0 Å². The van der Waals surface area contributed by atoms with Crippen LogP contribution in [-0.4, -0.2) is 51.9 Å². The summed E-state index contributed by atoms with van der Waals surface area (Å²) in [5.74, 6) is -2.58. The molecule has 2 aromatic rings. The van der Waals surface area contributed by atoms with Crippen molar-refractivity contribution in [2.75, 3.05) is 29.0 Å². The Hall–Kier alpha value is -3.01. The van der Waals surface area contributed by atoms with Gasteiger partial charge in [0.15, 0.2) is 11.6 Å².